The minimum absolute atomic E-state index is 0.117. The second-order valence-corrected chi connectivity index (χ2v) is 23.8. The fraction of sp³-hybridized carbons (Fsp3) is 1.00. The molecule has 56 valence electrons. The van der Waals surface area contributed by atoms with Crippen molar-refractivity contribution in [2.75, 3.05) is 6.61 Å². The van der Waals surface area contributed by atoms with Crippen LogP contribution in [0.25, 0.3) is 0 Å². The van der Waals surface area contributed by atoms with Crippen LogP contribution in [0.1, 0.15) is 13.3 Å². The van der Waals surface area contributed by atoms with E-state index in [1.54, 1.807) is 0 Å². The third-order valence-corrected chi connectivity index (χ3v) is 12.6. The molecule has 0 amide bonds. The first-order valence-corrected chi connectivity index (χ1v) is 15.1. The average Bonchev–Trinajstić information content (AvgIpc) is 1.64. The summed E-state index contributed by atoms with van der Waals surface area (Å²) in [6, 6.07) is 0. The van der Waals surface area contributed by atoms with Crippen LogP contribution in [0.2, 0.25) is 3.93 Å². The SMILES string of the molecule is C[CH](CCO)[Sn]([Cl])([Cl])[Cl]. The number of aliphatic hydroxyl groups excluding tert-OH is 1. The number of rotatable bonds is 3. The van der Waals surface area contributed by atoms with Crippen molar-refractivity contribution >= 4 is 41.8 Å². The van der Waals surface area contributed by atoms with Gasteiger partial charge in [0.1, 0.15) is 0 Å². The molecule has 0 fully saturated rings. The van der Waals surface area contributed by atoms with Gasteiger partial charge in [-0.1, -0.05) is 0 Å². The van der Waals surface area contributed by atoms with Gasteiger partial charge in [-0.25, -0.2) is 0 Å². The summed E-state index contributed by atoms with van der Waals surface area (Å²) in [6.45, 7) is 1.99. The summed E-state index contributed by atoms with van der Waals surface area (Å²) in [4.78, 5) is 0. The van der Waals surface area contributed by atoms with Crippen LogP contribution in [0.3, 0.4) is 0 Å². The first-order valence-electron chi connectivity index (χ1n) is 2.66. The third kappa shape index (κ3) is 4.96. The molecule has 9 heavy (non-hydrogen) atoms. The molecule has 0 aromatic rings. The van der Waals surface area contributed by atoms with Gasteiger partial charge in [0, 0.05) is 0 Å². The molecule has 0 saturated carbocycles. The van der Waals surface area contributed by atoms with E-state index in [0.29, 0.717) is 6.42 Å². The van der Waals surface area contributed by atoms with Crippen molar-refractivity contribution in [3.05, 3.63) is 0 Å². The Kier molecular flexibility index (Phi) is 5.31. The zero-order valence-electron chi connectivity index (χ0n) is 5.07. The molecular formula is C4H9Cl3OSn. The Morgan fingerprint density at radius 1 is 1.44 bits per heavy atom. The number of hydrogen-bond donors (Lipinski definition) is 1. The van der Waals surface area contributed by atoms with E-state index < -0.39 is 15.0 Å². The molecule has 5 heteroatoms. The maximum absolute atomic E-state index is 8.46. The molecule has 1 N–H and O–H groups in total. The molecule has 0 rings (SSSR count). The summed E-state index contributed by atoms with van der Waals surface area (Å²) in [5.74, 6) is 0. The van der Waals surface area contributed by atoms with Crippen LogP contribution in [0.5, 0.6) is 0 Å². The minimum atomic E-state index is -3.19. The summed E-state index contributed by atoms with van der Waals surface area (Å²) >= 11 is -3.19. The molecular weight excluding hydrogens is 289 g/mol. The summed E-state index contributed by atoms with van der Waals surface area (Å²) < 4.78 is 0.120. The molecule has 1 atom stereocenters. The Morgan fingerprint density at radius 2 is 1.89 bits per heavy atom. The van der Waals surface area contributed by atoms with Crippen molar-refractivity contribution < 1.29 is 5.11 Å². The summed E-state index contributed by atoms with van der Waals surface area (Å²) in [6.07, 6.45) is 0.618. The van der Waals surface area contributed by atoms with Crippen LogP contribution in [-0.2, 0) is 0 Å². The Hall–Kier alpha value is 1.63. The molecule has 0 saturated heterocycles. The van der Waals surface area contributed by atoms with Gasteiger partial charge in [0.05, 0.1) is 0 Å². The van der Waals surface area contributed by atoms with Crippen molar-refractivity contribution in [3.63, 3.8) is 0 Å². The molecule has 0 aromatic carbocycles. The van der Waals surface area contributed by atoms with E-state index in [2.05, 4.69) is 0 Å². The molecule has 0 bridgehead atoms. The monoisotopic (exact) mass is 298 g/mol. The normalized spacial score (nSPS) is 15.7. The maximum atomic E-state index is 8.46. The fourth-order valence-electron chi connectivity index (χ4n) is 0.357. The molecule has 1 unspecified atom stereocenters. The standard InChI is InChI=1S/C4H9O.3ClH.Sn/c1-2-3-4-5;;;;/h2,5H,3-4H2,1H3;3*1H;/q;;;;+3/p-3. The van der Waals surface area contributed by atoms with E-state index in [1.807, 2.05) is 6.92 Å². The predicted octanol–water partition coefficient (Wildman–Crippen LogP) is 2.41. The quantitative estimate of drug-likeness (QED) is 0.793. The Labute approximate surface area is 70.3 Å². The summed E-state index contributed by atoms with van der Waals surface area (Å²) in [7, 11) is 17.1. The van der Waals surface area contributed by atoms with Gasteiger partial charge < -0.3 is 0 Å². The van der Waals surface area contributed by atoms with E-state index in [0.717, 1.165) is 0 Å². The Bertz CT molecular complexity index is 82.4. The van der Waals surface area contributed by atoms with Crippen LogP contribution in [0.4, 0.5) is 0 Å². The van der Waals surface area contributed by atoms with Gasteiger partial charge in [-0.05, 0) is 0 Å². The molecule has 0 aliphatic carbocycles. The van der Waals surface area contributed by atoms with Gasteiger partial charge in [-0.2, -0.15) is 0 Å². The van der Waals surface area contributed by atoms with E-state index in [1.165, 1.54) is 0 Å². The third-order valence-electron chi connectivity index (χ3n) is 1.12. The average molecular weight is 298 g/mol. The first-order chi connectivity index (χ1) is 3.98. The topological polar surface area (TPSA) is 20.2 Å². The number of halogens is 3. The second-order valence-electron chi connectivity index (χ2n) is 1.95. The molecule has 0 aromatic heterocycles. The van der Waals surface area contributed by atoms with Crippen molar-refractivity contribution in [1.29, 1.82) is 0 Å². The number of aliphatic hydroxyl groups is 1. The van der Waals surface area contributed by atoms with Crippen LogP contribution in [0.15, 0.2) is 0 Å². The molecule has 0 spiro atoms. The predicted molar refractivity (Wildman–Crippen MR) is 44.4 cm³/mol. The molecule has 0 aliphatic heterocycles. The fourth-order valence-corrected chi connectivity index (χ4v) is 3.86. The van der Waals surface area contributed by atoms with Crippen molar-refractivity contribution in [3.8, 4) is 0 Å². The Balaban J connectivity index is 3.59. The van der Waals surface area contributed by atoms with Gasteiger partial charge in [0.25, 0.3) is 0 Å². The molecule has 0 radical (unpaired) electrons. The Morgan fingerprint density at radius 3 is 2.00 bits per heavy atom. The summed E-state index contributed by atoms with van der Waals surface area (Å²) in [5.41, 5.74) is 0. The van der Waals surface area contributed by atoms with E-state index in [9.17, 15) is 0 Å². The zero-order chi connectivity index (χ0) is 7.49. The molecule has 1 nitrogen and oxygen atoms in total. The van der Waals surface area contributed by atoms with Crippen molar-refractivity contribution in [2.24, 2.45) is 0 Å². The zero-order valence-corrected chi connectivity index (χ0v) is 10.2. The molecule has 0 aliphatic rings. The van der Waals surface area contributed by atoms with Crippen LogP contribution >= 0.6 is 26.8 Å². The van der Waals surface area contributed by atoms with Crippen LogP contribution < -0.4 is 0 Å². The summed E-state index contributed by atoms with van der Waals surface area (Å²) in [5, 5.41) is 8.46. The van der Waals surface area contributed by atoms with E-state index >= 15 is 0 Å². The molecule has 0 heterocycles. The van der Waals surface area contributed by atoms with Crippen molar-refractivity contribution in [2.45, 2.75) is 17.3 Å². The second kappa shape index (κ2) is 4.50. The van der Waals surface area contributed by atoms with Gasteiger partial charge >= 0.3 is 70.8 Å². The van der Waals surface area contributed by atoms with Crippen LogP contribution in [-0.4, -0.2) is 26.7 Å². The first kappa shape index (κ1) is 10.6. The van der Waals surface area contributed by atoms with Gasteiger partial charge in [0.15, 0.2) is 0 Å². The van der Waals surface area contributed by atoms with Crippen molar-refractivity contribution in [1.82, 2.24) is 0 Å². The van der Waals surface area contributed by atoms with Crippen LogP contribution in [0, 0.1) is 0 Å². The van der Waals surface area contributed by atoms with Gasteiger partial charge in [0.2, 0.25) is 0 Å². The van der Waals surface area contributed by atoms with E-state index in [-0.39, 0.29) is 10.5 Å². The number of hydrogen-bond acceptors (Lipinski definition) is 1. The van der Waals surface area contributed by atoms with E-state index in [4.69, 9.17) is 31.9 Å². The van der Waals surface area contributed by atoms with Gasteiger partial charge in [-0.3, -0.25) is 0 Å². The van der Waals surface area contributed by atoms with Gasteiger partial charge in [-0.15, -0.1) is 0 Å².